The third-order valence-corrected chi connectivity index (χ3v) is 1.33. The Bertz CT molecular complexity index is 114. The molecule has 74 valence electrons. The minimum atomic E-state index is 0.997. The first-order chi connectivity index (χ1) is 5.10. The van der Waals surface area contributed by atoms with Crippen LogP contribution in [0.15, 0.2) is 0 Å². The molecular weight excluding hydrogens is 150 g/mol. The lowest BCUT2D eigenvalue weighted by Gasteiger charge is -2.34. The second-order valence-electron chi connectivity index (χ2n) is 5.72. The molecule has 0 saturated heterocycles. The van der Waals surface area contributed by atoms with Crippen molar-refractivity contribution in [1.82, 2.24) is 4.90 Å². The first-order valence-corrected chi connectivity index (χ1v) is 4.40. The first kappa shape index (κ1) is 11.9. The summed E-state index contributed by atoms with van der Waals surface area (Å²) in [6.45, 7) is 2.19. The van der Waals surface area contributed by atoms with Crippen LogP contribution in [0.5, 0.6) is 0 Å². The fourth-order valence-corrected chi connectivity index (χ4v) is 1.49. The molecule has 0 aliphatic carbocycles. The van der Waals surface area contributed by atoms with Crippen LogP contribution < -0.4 is 0 Å². The Labute approximate surface area is 77.4 Å². The van der Waals surface area contributed by atoms with Crippen molar-refractivity contribution in [2.45, 2.75) is 0 Å². The second-order valence-corrected chi connectivity index (χ2v) is 5.72. The van der Waals surface area contributed by atoms with Gasteiger partial charge >= 0.3 is 0 Å². The molecule has 0 saturated carbocycles. The number of hydrogen-bond acceptors (Lipinski definition) is 1. The Morgan fingerprint density at radius 1 is 0.750 bits per heavy atom. The average molecular weight is 175 g/mol. The van der Waals surface area contributed by atoms with Gasteiger partial charge < -0.3 is 8.97 Å². The van der Waals surface area contributed by atoms with Crippen LogP contribution >= 0.6 is 0 Å². The summed E-state index contributed by atoms with van der Waals surface area (Å²) >= 11 is 0. The highest BCUT2D eigenvalue weighted by atomic mass is 15.5. The topological polar surface area (TPSA) is 3.24 Å². The van der Waals surface area contributed by atoms with E-state index < -0.39 is 0 Å². The van der Waals surface area contributed by atoms with E-state index in [0.717, 1.165) is 22.3 Å². The van der Waals surface area contributed by atoms with Crippen molar-refractivity contribution in [2.24, 2.45) is 0 Å². The van der Waals surface area contributed by atoms with Crippen LogP contribution in [0.1, 0.15) is 0 Å². The molecule has 0 bridgehead atoms. The molecule has 0 aromatic heterocycles. The van der Waals surface area contributed by atoms with E-state index in [4.69, 9.17) is 0 Å². The molecule has 0 N–H and O–H groups in total. The molecule has 0 atom stereocenters. The van der Waals surface area contributed by atoms with Crippen molar-refractivity contribution >= 4 is 0 Å². The first-order valence-electron chi connectivity index (χ1n) is 4.40. The van der Waals surface area contributed by atoms with Gasteiger partial charge in [0.15, 0.2) is 0 Å². The standard InChI is InChI=1S/C9H25N3/c1-10(8-11(2,3)4)9-12(5,6)7/h8-9H2,1-7H3/q+2. The van der Waals surface area contributed by atoms with Gasteiger partial charge in [-0.2, -0.15) is 0 Å². The predicted octanol–water partition coefficient (Wildman–Crippen LogP) is 0.246. The Hall–Kier alpha value is -0.120. The summed E-state index contributed by atoms with van der Waals surface area (Å²) in [6, 6.07) is 0. The van der Waals surface area contributed by atoms with Crippen molar-refractivity contribution in [3.05, 3.63) is 0 Å². The lowest BCUT2D eigenvalue weighted by Crippen LogP contribution is -2.50. The molecule has 0 heterocycles. The van der Waals surface area contributed by atoms with E-state index >= 15 is 0 Å². The molecule has 0 rings (SSSR count). The van der Waals surface area contributed by atoms with Gasteiger partial charge in [-0.3, -0.25) is 0 Å². The van der Waals surface area contributed by atoms with E-state index in [2.05, 4.69) is 54.2 Å². The van der Waals surface area contributed by atoms with E-state index in [9.17, 15) is 0 Å². The highest BCUT2D eigenvalue weighted by Crippen LogP contribution is 1.98. The third kappa shape index (κ3) is 7.98. The van der Waals surface area contributed by atoms with E-state index in [1.807, 2.05) is 0 Å². The van der Waals surface area contributed by atoms with E-state index in [1.165, 1.54) is 0 Å². The van der Waals surface area contributed by atoms with Gasteiger partial charge in [0, 0.05) is 0 Å². The third-order valence-electron chi connectivity index (χ3n) is 1.33. The molecule has 0 spiro atoms. The maximum absolute atomic E-state index is 2.36. The Kier molecular flexibility index (Phi) is 3.69. The number of hydrogen-bond donors (Lipinski definition) is 0. The fraction of sp³-hybridized carbons (Fsp3) is 1.00. The molecule has 0 amide bonds. The van der Waals surface area contributed by atoms with Crippen LogP contribution in [0, 0.1) is 0 Å². The molecule has 0 aliphatic heterocycles. The van der Waals surface area contributed by atoms with Gasteiger partial charge in [0.2, 0.25) is 0 Å². The van der Waals surface area contributed by atoms with Crippen LogP contribution in [0.3, 0.4) is 0 Å². The number of rotatable bonds is 4. The zero-order valence-corrected chi connectivity index (χ0v) is 9.76. The lowest BCUT2D eigenvalue weighted by atomic mass is 10.6. The molecule has 3 nitrogen and oxygen atoms in total. The van der Waals surface area contributed by atoms with Crippen LogP contribution in [0.4, 0.5) is 0 Å². The highest BCUT2D eigenvalue weighted by Gasteiger charge is 2.16. The number of quaternary nitrogens is 2. The summed E-state index contributed by atoms with van der Waals surface area (Å²) in [6.07, 6.45) is 0. The van der Waals surface area contributed by atoms with Gasteiger partial charge in [0.25, 0.3) is 0 Å². The predicted molar refractivity (Wildman–Crippen MR) is 53.6 cm³/mol. The fourth-order valence-electron chi connectivity index (χ4n) is 1.49. The normalized spacial score (nSPS) is 14.0. The van der Waals surface area contributed by atoms with Crippen molar-refractivity contribution in [3.63, 3.8) is 0 Å². The van der Waals surface area contributed by atoms with Crippen LogP contribution in [-0.2, 0) is 0 Å². The number of nitrogens with zero attached hydrogens (tertiary/aromatic N) is 3. The summed E-state index contributed by atoms with van der Waals surface area (Å²) in [5.41, 5.74) is 0. The van der Waals surface area contributed by atoms with Crippen LogP contribution in [-0.4, -0.2) is 76.5 Å². The SMILES string of the molecule is CN(C[N+](C)(C)C)C[N+](C)(C)C. The molecule has 3 heteroatoms. The lowest BCUT2D eigenvalue weighted by molar-refractivity contribution is -0.908. The monoisotopic (exact) mass is 175 g/mol. The van der Waals surface area contributed by atoms with Gasteiger partial charge in [-0.1, -0.05) is 0 Å². The Morgan fingerprint density at radius 2 is 1.00 bits per heavy atom. The molecule has 0 unspecified atom stereocenters. The summed E-state index contributed by atoms with van der Waals surface area (Å²) in [7, 11) is 15.5. The van der Waals surface area contributed by atoms with Gasteiger partial charge in [-0.15, -0.1) is 0 Å². The Morgan fingerprint density at radius 3 is 1.17 bits per heavy atom. The zero-order chi connectivity index (χ0) is 9.99. The van der Waals surface area contributed by atoms with Crippen LogP contribution in [0.25, 0.3) is 0 Å². The van der Waals surface area contributed by atoms with Gasteiger partial charge in [0.1, 0.15) is 13.3 Å². The molecule has 0 aromatic rings. The molecule has 0 aromatic carbocycles. The minimum absolute atomic E-state index is 0.997. The molecule has 0 aliphatic rings. The summed E-state index contributed by atoms with van der Waals surface area (Å²) < 4.78 is 1.99. The van der Waals surface area contributed by atoms with Gasteiger partial charge in [0.05, 0.1) is 42.3 Å². The van der Waals surface area contributed by atoms with Crippen molar-refractivity contribution < 1.29 is 8.97 Å². The van der Waals surface area contributed by atoms with Gasteiger partial charge in [-0.25, -0.2) is 4.90 Å². The largest absolute Gasteiger partial charge is 0.318 e. The van der Waals surface area contributed by atoms with Crippen molar-refractivity contribution in [1.29, 1.82) is 0 Å². The molecular formula is C9H25N3+2. The zero-order valence-electron chi connectivity index (χ0n) is 9.76. The second kappa shape index (κ2) is 3.73. The summed E-state index contributed by atoms with van der Waals surface area (Å²) in [5.74, 6) is 0. The molecule has 0 fully saturated rings. The van der Waals surface area contributed by atoms with Gasteiger partial charge in [-0.05, 0) is 7.05 Å². The van der Waals surface area contributed by atoms with E-state index in [0.29, 0.717) is 0 Å². The summed E-state index contributed by atoms with van der Waals surface area (Å²) in [5, 5.41) is 0. The smallest absolute Gasteiger partial charge is 0.138 e. The van der Waals surface area contributed by atoms with Crippen molar-refractivity contribution in [3.8, 4) is 0 Å². The molecule has 12 heavy (non-hydrogen) atoms. The van der Waals surface area contributed by atoms with E-state index in [-0.39, 0.29) is 0 Å². The average Bonchev–Trinajstić information content (AvgIpc) is 1.49. The maximum atomic E-state index is 2.36. The van der Waals surface area contributed by atoms with Crippen LogP contribution in [0.2, 0.25) is 0 Å². The maximum Gasteiger partial charge on any atom is 0.138 e. The Balaban J connectivity index is 3.83. The quantitative estimate of drug-likeness (QED) is 0.437. The summed E-state index contributed by atoms with van der Waals surface area (Å²) in [4.78, 5) is 2.36. The minimum Gasteiger partial charge on any atom is -0.318 e. The molecule has 0 radical (unpaired) electrons. The van der Waals surface area contributed by atoms with E-state index in [1.54, 1.807) is 0 Å². The highest BCUT2D eigenvalue weighted by molar-refractivity contribution is 4.32. The van der Waals surface area contributed by atoms with Crippen molar-refractivity contribution in [2.75, 3.05) is 62.7 Å².